The minimum absolute atomic E-state index is 0.00780. The predicted octanol–water partition coefficient (Wildman–Crippen LogP) is 4.09. The summed E-state index contributed by atoms with van der Waals surface area (Å²) in [6, 6.07) is 20.1. The van der Waals surface area contributed by atoms with Crippen LogP contribution < -0.4 is 5.32 Å². The van der Waals surface area contributed by atoms with Crippen molar-refractivity contribution in [2.45, 2.75) is 13.0 Å². The molecular formula is C24H23N5O. The Morgan fingerprint density at radius 1 is 1.10 bits per heavy atom. The summed E-state index contributed by atoms with van der Waals surface area (Å²) in [6.45, 7) is 2.62. The normalized spacial score (nSPS) is 16.7. The number of fused-ring (bicyclic) bond motifs is 1. The number of benzene rings is 2. The lowest BCUT2D eigenvalue weighted by Crippen LogP contribution is -2.26. The fourth-order valence-corrected chi connectivity index (χ4v) is 4.10. The minimum atomic E-state index is 0.00780. The van der Waals surface area contributed by atoms with Gasteiger partial charge >= 0.3 is 0 Å². The van der Waals surface area contributed by atoms with Crippen LogP contribution in [0.3, 0.4) is 0 Å². The summed E-state index contributed by atoms with van der Waals surface area (Å²) in [6.07, 6.45) is 4.39. The summed E-state index contributed by atoms with van der Waals surface area (Å²) in [7, 11) is 0. The molecule has 0 bridgehead atoms. The Balaban J connectivity index is 1.28. The maximum absolute atomic E-state index is 12.9. The van der Waals surface area contributed by atoms with Crippen molar-refractivity contribution in [3.05, 3.63) is 78.6 Å². The van der Waals surface area contributed by atoms with Gasteiger partial charge in [0.2, 0.25) is 5.91 Å². The van der Waals surface area contributed by atoms with Crippen LogP contribution in [0, 0.1) is 5.92 Å². The molecule has 1 aliphatic heterocycles. The van der Waals surface area contributed by atoms with Crippen molar-refractivity contribution in [3.63, 3.8) is 0 Å². The molecule has 1 saturated heterocycles. The topological polar surface area (TPSA) is 73.9 Å². The molecule has 0 radical (unpaired) electrons. The molecule has 1 unspecified atom stereocenters. The molecule has 2 aromatic carbocycles. The zero-order chi connectivity index (χ0) is 20.3. The van der Waals surface area contributed by atoms with Crippen molar-refractivity contribution in [3.8, 4) is 11.3 Å². The zero-order valence-corrected chi connectivity index (χ0v) is 16.6. The Morgan fingerprint density at radius 3 is 2.77 bits per heavy atom. The van der Waals surface area contributed by atoms with E-state index in [1.54, 1.807) is 12.4 Å². The fourth-order valence-electron chi connectivity index (χ4n) is 4.10. The van der Waals surface area contributed by atoms with E-state index in [9.17, 15) is 4.79 Å². The van der Waals surface area contributed by atoms with Gasteiger partial charge in [-0.25, -0.2) is 0 Å². The number of amides is 1. The van der Waals surface area contributed by atoms with Gasteiger partial charge < -0.3 is 5.32 Å². The van der Waals surface area contributed by atoms with Crippen molar-refractivity contribution >= 4 is 22.5 Å². The average molecular weight is 397 g/mol. The van der Waals surface area contributed by atoms with Gasteiger partial charge in [0.1, 0.15) is 5.69 Å². The van der Waals surface area contributed by atoms with E-state index in [0.717, 1.165) is 53.9 Å². The Morgan fingerprint density at radius 2 is 1.93 bits per heavy atom. The highest BCUT2D eigenvalue weighted by atomic mass is 16.1. The maximum atomic E-state index is 12.9. The van der Waals surface area contributed by atoms with Gasteiger partial charge in [-0.3, -0.25) is 19.8 Å². The van der Waals surface area contributed by atoms with Gasteiger partial charge in [-0.05, 0) is 48.9 Å². The van der Waals surface area contributed by atoms with E-state index in [-0.39, 0.29) is 11.8 Å². The summed E-state index contributed by atoms with van der Waals surface area (Å²) in [5, 5.41) is 11.6. The number of pyridine rings is 1. The smallest absolute Gasteiger partial charge is 0.228 e. The van der Waals surface area contributed by atoms with Crippen LogP contribution in [0.5, 0.6) is 0 Å². The van der Waals surface area contributed by atoms with Crippen molar-refractivity contribution < 1.29 is 4.79 Å². The second-order valence-corrected chi connectivity index (χ2v) is 7.76. The number of nitrogens with one attached hydrogen (secondary N) is 2. The zero-order valence-electron chi connectivity index (χ0n) is 16.6. The molecule has 4 aromatic rings. The molecule has 0 aliphatic carbocycles. The number of likely N-dealkylation sites (tertiary alicyclic amines) is 1. The molecule has 6 nitrogen and oxygen atoms in total. The van der Waals surface area contributed by atoms with Crippen LogP contribution in [0.15, 0.2) is 73.1 Å². The number of hydrogen-bond donors (Lipinski definition) is 2. The van der Waals surface area contributed by atoms with E-state index in [1.165, 1.54) is 5.56 Å². The molecule has 1 amide bonds. The quantitative estimate of drug-likeness (QED) is 0.532. The van der Waals surface area contributed by atoms with Gasteiger partial charge in [-0.1, -0.05) is 30.3 Å². The van der Waals surface area contributed by atoms with E-state index < -0.39 is 0 Å². The van der Waals surface area contributed by atoms with Gasteiger partial charge in [0.25, 0.3) is 0 Å². The number of aromatic amines is 1. The van der Waals surface area contributed by atoms with Crippen molar-refractivity contribution in [2.75, 3.05) is 18.4 Å². The monoisotopic (exact) mass is 397 g/mol. The van der Waals surface area contributed by atoms with Crippen LogP contribution in [-0.2, 0) is 11.3 Å². The molecule has 2 N–H and O–H groups in total. The lowest BCUT2D eigenvalue weighted by molar-refractivity contribution is -0.119. The van der Waals surface area contributed by atoms with E-state index in [0.29, 0.717) is 0 Å². The Kier molecular flexibility index (Phi) is 4.99. The number of H-pyrrole nitrogens is 1. The fraction of sp³-hybridized carbons (Fsp3) is 0.208. The highest BCUT2D eigenvalue weighted by Crippen LogP contribution is 2.28. The van der Waals surface area contributed by atoms with Gasteiger partial charge in [-0.15, -0.1) is 0 Å². The van der Waals surface area contributed by atoms with E-state index in [2.05, 4.69) is 49.7 Å². The first-order chi connectivity index (χ1) is 14.8. The molecule has 30 heavy (non-hydrogen) atoms. The van der Waals surface area contributed by atoms with Gasteiger partial charge in [-0.2, -0.15) is 5.10 Å². The molecule has 0 spiro atoms. The standard InChI is InChI=1S/C24H23N5O/c30-24(19-10-13-29(16-19)15-17-4-2-1-3-5-17)26-20-6-7-22-21(14-20)23(28-27-22)18-8-11-25-12-9-18/h1-9,11-12,14,19H,10,13,15-16H2,(H,26,30)(H,27,28). The van der Waals surface area contributed by atoms with Gasteiger partial charge in [0.05, 0.1) is 11.4 Å². The van der Waals surface area contributed by atoms with Crippen molar-refractivity contribution in [1.29, 1.82) is 0 Å². The van der Waals surface area contributed by atoms with Gasteiger partial charge in [0, 0.05) is 42.1 Å². The third-order valence-electron chi connectivity index (χ3n) is 5.68. The molecule has 3 heterocycles. The van der Waals surface area contributed by atoms with Crippen LogP contribution in [-0.4, -0.2) is 39.1 Å². The Hall–Kier alpha value is -3.51. The Labute approximate surface area is 174 Å². The van der Waals surface area contributed by atoms with Crippen LogP contribution in [0.1, 0.15) is 12.0 Å². The Bertz CT molecular complexity index is 1160. The number of rotatable bonds is 5. The highest BCUT2D eigenvalue weighted by Gasteiger charge is 2.28. The molecule has 150 valence electrons. The van der Waals surface area contributed by atoms with Crippen LogP contribution in [0.4, 0.5) is 5.69 Å². The largest absolute Gasteiger partial charge is 0.326 e. The number of hydrogen-bond acceptors (Lipinski definition) is 4. The molecule has 5 rings (SSSR count). The highest BCUT2D eigenvalue weighted by molar-refractivity contribution is 5.99. The van der Waals surface area contributed by atoms with E-state index >= 15 is 0 Å². The van der Waals surface area contributed by atoms with Crippen LogP contribution in [0.2, 0.25) is 0 Å². The molecule has 6 heteroatoms. The molecule has 2 aromatic heterocycles. The van der Waals surface area contributed by atoms with E-state index in [1.807, 2.05) is 36.4 Å². The van der Waals surface area contributed by atoms with E-state index in [4.69, 9.17) is 0 Å². The number of nitrogens with zero attached hydrogens (tertiary/aromatic N) is 3. The number of aromatic nitrogens is 3. The molecular weight excluding hydrogens is 374 g/mol. The summed E-state index contributed by atoms with van der Waals surface area (Å²) in [5.41, 5.74) is 4.87. The summed E-state index contributed by atoms with van der Waals surface area (Å²) in [5.74, 6) is 0.0901. The van der Waals surface area contributed by atoms with Gasteiger partial charge in [0.15, 0.2) is 0 Å². The first-order valence-electron chi connectivity index (χ1n) is 10.2. The van der Waals surface area contributed by atoms with Crippen LogP contribution in [0.25, 0.3) is 22.2 Å². The first kappa shape index (κ1) is 18.5. The summed E-state index contributed by atoms with van der Waals surface area (Å²) in [4.78, 5) is 19.3. The molecule has 1 atom stereocenters. The molecule has 0 saturated carbocycles. The number of anilines is 1. The average Bonchev–Trinajstić information content (AvgIpc) is 3.42. The lowest BCUT2D eigenvalue weighted by atomic mass is 10.1. The third kappa shape index (κ3) is 3.82. The molecule has 1 fully saturated rings. The first-order valence-corrected chi connectivity index (χ1v) is 10.2. The number of carbonyl (C=O) groups excluding carboxylic acids is 1. The lowest BCUT2D eigenvalue weighted by Gasteiger charge is -2.16. The summed E-state index contributed by atoms with van der Waals surface area (Å²) < 4.78 is 0. The van der Waals surface area contributed by atoms with Crippen molar-refractivity contribution in [2.24, 2.45) is 5.92 Å². The molecule has 1 aliphatic rings. The van der Waals surface area contributed by atoms with Crippen molar-refractivity contribution in [1.82, 2.24) is 20.1 Å². The number of carbonyl (C=O) groups is 1. The third-order valence-corrected chi connectivity index (χ3v) is 5.68. The SMILES string of the molecule is O=C(Nc1ccc2[nH]nc(-c3ccncc3)c2c1)C1CCN(Cc2ccccc2)C1. The van der Waals surface area contributed by atoms with Crippen LogP contribution >= 0.6 is 0 Å². The minimum Gasteiger partial charge on any atom is -0.326 e. The second kappa shape index (κ2) is 8.08. The summed E-state index contributed by atoms with van der Waals surface area (Å²) >= 11 is 0. The maximum Gasteiger partial charge on any atom is 0.228 e. The second-order valence-electron chi connectivity index (χ2n) is 7.76. The predicted molar refractivity (Wildman–Crippen MR) is 118 cm³/mol.